The predicted molar refractivity (Wildman–Crippen MR) is 75.4 cm³/mol. The fourth-order valence-corrected chi connectivity index (χ4v) is 2.38. The first kappa shape index (κ1) is 17.0. The zero-order chi connectivity index (χ0) is 17.0. The van der Waals surface area contributed by atoms with Gasteiger partial charge in [0.2, 0.25) is 5.91 Å². The zero-order valence-electron chi connectivity index (χ0n) is 12.4. The van der Waals surface area contributed by atoms with Gasteiger partial charge in [0.25, 0.3) is 0 Å². The van der Waals surface area contributed by atoms with Crippen LogP contribution in [0.25, 0.3) is 0 Å². The van der Waals surface area contributed by atoms with Gasteiger partial charge in [-0.3, -0.25) is 9.78 Å². The summed E-state index contributed by atoms with van der Waals surface area (Å²) in [5.41, 5.74) is 0.826. The summed E-state index contributed by atoms with van der Waals surface area (Å²) in [6, 6.07) is 1.62. The van der Waals surface area contributed by atoms with Crippen molar-refractivity contribution in [3.63, 3.8) is 0 Å². The van der Waals surface area contributed by atoms with Crippen molar-refractivity contribution in [2.45, 2.75) is 31.6 Å². The molecule has 1 saturated heterocycles. The summed E-state index contributed by atoms with van der Waals surface area (Å²) >= 11 is 0. The van der Waals surface area contributed by atoms with Crippen LogP contribution in [0.2, 0.25) is 0 Å². The summed E-state index contributed by atoms with van der Waals surface area (Å²) in [5.74, 6) is -0.714. The van der Waals surface area contributed by atoms with Gasteiger partial charge in [0.1, 0.15) is 12.6 Å². The lowest BCUT2D eigenvalue weighted by atomic mass is 10.1. The van der Waals surface area contributed by atoms with Crippen LogP contribution < -0.4 is 10.6 Å². The normalized spacial score (nSPS) is 19.6. The molecule has 1 aliphatic rings. The average molecular weight is 330 g/mol. The zero-order valence-corrected chi connectivity index (χ0v) is 12.4. The number of nitrogens with one attached hydrogen (secondary N) is 2. The van der Waals surface area contributed by atoms with Crippen molar-refractivity contribution in [3.8, 4) is 0 Å². The van der Waals surface area contributed by atoms with E-state index in [1.54, 1.807) is 31.5 Å². The molecule has 2 N–H and O–H groups in total. The van der Waals surface area contributed by atoms with E-state index >= 15 is 0 Å². The van der Waals surface area contributed by atoms with E-state index in [1.165, 1.54) is 0 Å². The highest BCUT2D eigenvalue weighted by molar-refractivity contribution is 5.88. The van der Waals surface area contributed by atoms with Gasteiger partial charge in [-0.25, -0.2) is 4.79 Å². The van der Waals surface area contributed by atoms with Crippen molar-refractivity contribution in [2.24, 2.45) is 0 Å². The van der Waals surface area contributed by atoms with Crippen LogP contribution >= 0.6 is 0 Å². The summed E-state index contributed by atoms with van der Waals surface area (Å²) in [6.07, 6.45) is -1.11. The van der Waals surface area contributed by atoms with Crippen LogP contribution in [-0.4, -0.2) is 47.1 Å². The number of hydrogen-bond acceptors (Lipinski definition) is 3. The number of aromatic nitrogens is 1. The van der Waals surface area contributed by atoms with Crippen molar-refractivity contribution in [1.82, 2.24) is 20.5 Å². The van der Waals surface area contributed by atoms with Gasteiger partial charge < -0.3 is 15.5 Å². The molecule has 126 valence electrons. The Hall–Kier alpha value is -2.32. The van der Waals surface area contributed by atoms with Crippen LogP contribution in [0.15, 0.2) is 24.5 Å². The molecule has 2 heterocycles. The summed E-state index contributed by atoms with van der Waals surface area (Å²) in [7, 11) is 0. The second-order valence-corrected chi connectivity index (χ2v) is 5.34. The number of carbonyl (C=O) groups excluding carboxylic acids is 2. The number of likely N-dealkylation sites (tertiary alicyclic amines) is 1. The highest BCUT2D eigenvalue weighted by Crippen LogP contribution is 2.21. The van der Waals surface area contributed by atoms with E-state index < -0.39 is 30.7 Å². The Kier molecular flexibility index (Phi) is 5.07. The molecule has 2 rings (SSSR count). The van der Waals surface area contributed by atoms with Gasteiger partial charge in [-0.2, -0.15) is 13.2 Å². The quantitative estimate of drug-likeness (QED) is 0.881. The van der Waals surface area contributed by atoms with E-state index in [0.29, 0.717) is 4.90 Å². The molecule has 0 saturated carbocycles. The van der Waals surface area contributed by atoms with Crippen molar-refractivity contribution < 1.29 is 22.8 Å². The molecule has 2 atom stereocenters. The van der Waals surface area contributed by atoms with Crippen LogP contribution in [0.4, 0.5) is 18.0 Å². The fourth-order valence-electron chi connectivity index (χ4n) is 2.38. The first-order chi connectivity index (χ1) is 10.8. The number of pyridine rings is 1. The topological polar surface area (TPSA) is 74.3 Å². The Morgan fingerprint density at radius 3 is 2.70 bits per heavy atom. The third kappa shape index (κ3) is 4.83. The summed E-state index contributed by atoms with van der Waals surface area (Å²) in [6.45, 7) is 0.434. The summed E-state index contributed by atoms with van der Waals surface area (Å²) in [5, 5.41) is 5.06. The molecule has 0 unspecified atom stereocenters. The first-order valence-corrected chi connectivity index (χ1v) is 7.09. The molecule has 0 radical (unpaired) electrons. The number of alkyl halides is 3. The van der Waals surface area contributed by atoms with Gasteiger partial charge >= 0.3 is 12.2 Å². The van der Waals surface area contributed by atoms with Gasteiger partial charge in [-0.15, -0.1) is 0 Å². The molecule has 1 fully saturated rings. The molecule has 3 amide bonds. The molecule has 1 aromatic rings. The van der Waals surface area contributed by atoms with Crippen LogP contribution in [0.3, 0.4) is 0 Å². The van der Waals surface area contributed by atoms with E-state index in [4.69, 9.17) is 0 Å². The van der Waals surface area contributed by atoms with E-state index in [9.17, 15) is 22.8 Å². The highest BCUT2D eigenvalue weighted by Gasteiger charge is 2.39. The van der Waals surface area contributed by atoms with Gasteiger partial charge in [-0.05, 0) is 31.0 Å². The van der Waals surface area contributed by atoms with E-state index in [2.05, 4.69) is 15.6 Å². The lowest BCUT2D eigenvalue weighted by Gasteiger charge is -2.19. The molecule has 6 nitrogen and oxygen atoms in total. The maximum absolute atomic E-state index is 12.3. The smallest absolute Gasteiger partial charge is 0.332 e. The number of halogens is 3. The Bertz CT molecular complexity index is 565. The SMILES string of the molecule is C[C@H](NC(=O)N[C@@H]1CCN(CC(F)(F)F)C1=O)c1ccncc1. The lowest BCUT2D eigenvalue weighted by Crippen LogP contribution is -2.47. The van der Waals surface area contributed by atoms with Crippen molar-refractivity contribution >= 4 is 11.9 Å². The lowest BCUT2D eigenvalue weighted by molar-refractivity contribution is -0.157. The standard InChI is InChI=1S/C14H17F3N4O2/c1-9(10-2-5-18-6-3-10)19-13(23)20-11-4-7-21(12(11)22)8-14(15,16)17/h2-3,5-6,9,11H,4,7-8H2,1H3,(H2,19,20,23)/t9-,11+/m0/s1. The predicted octanol–water partition coefficient (Wildman–Crippen LogP) is 1.60. The molecular weight excluding hydrogens is 313 g/mol. The fraction of sp³-hybridized carbons (Fsp3) is 0.500. The third-order valence-electron chi connectivity index (χ3n) is 3.53. The molecular formula is C14H17F3N4O2. The second-order valence-electron chi connectivity index (χ2n) is 5.34. The second kappa shape index (κ2) is 6.84. The minimum absolute atomic E-state index is 0.0246. The van der Waals surface area contributed by atoms with Crippen molar-refractivity contribution in [3.05, 3.63) is 30.1 Å². The highest BCUT2D eigenvalue weighted by atomic mass is 19.4. The monoisotopic (exact) mass is 330 g/mol. The maximum Gasteiger partial charge on any atom is 0.406 e. The molecule has 0 aromatic carbocycles. The Balaban J connectivity index is 1.85. The van der Waals surface area contributed by atoms with E-state index in [0.717, 1.165) is 5.56 Å². The minimum atomic E-state index is -4.44. The largest absolute Gasteiger partial charge is 0.406 e. The Morgan fingerprint density at radius 1 is 1.43 bits per heavy atom. The maximum atomic E-state index is 12.3. The van der Waals surface area contributed by atoms with E-state index in [1.807, 2.05) is 0 Å². The van der Waals surface area contributed by atoms with Gasteiger partial charge in [0.05, 0.1) is 6.04 Å². The molecule has 1 aromatic heterocycles. The van der Waals surface area contributed by atoms with Crippen LogP contribution in [0, 0.1) is 0 Å². The Labute approximate surface area is 131 Å². The summed E-state index contributed by atoms with van der Waals surface area (Å²) < 4.78 is 37.0. The molecule has 0 aliphatic carbocycles. The Morgan fingerprint density at radius 2 is 2.09 bits per heavy atom. The third-order valence-corrected chi connectivity index (χ3v) is 3.53. The van der Waals surface area contributed by atoms with Gasteiger partial charge in [-0.1, -0.05) is 0 Å². The van der Waals surface area contributed by atoms with Crippen LogP contribution in [0.1, 0.15) is 24.9 Å². The van der Waals surface area contributed by atoms with Crippen LogP contribution in [-0.2, 0) is 4.79 Å². The molecule has 9 heteroatoms. The van der Waals surface area contributed by atoms with Gasteiger partial charge in [0.15, 0.2) is 0 Å². The number of urea groups is 1. The number of hydrogen-bond donors (Lipinski definition) is 2. The van der Waals surface area contributed by atoms with Gasteiger partial charge in [0, 0.05) is 18.9 Å². The summed E-state index contributed by atoms with van der Waals surface area (Å²) in [4.78, 5) is 28.3. The van der Waals surface area contributed by atoms with Crippen LogP contribution in [0.5, 0.6) is 0 Å². The van der Waals surface area contributed by atoms with Crippen molar-refractivity contribution in [1.29, 1.82) is 0 Å². The number of nitrogens with zero attached hydrogens (tertiary/aromatic N) is 2. The minimum Gasteiger partial charge on any atom is -0.332 e. The first-order valence-electron chi connectivity index (χ1n) is 7.09. The molecule has 23 heavy (non-hydrogen) atoms. The van der Waals surface area contributed by atoms with E-state index in [-0.39, 0.29) is 19.0 Å². The van der Waals surface area contributed by atoms with Crippen molar-refractivity contribution in [2.75, 3.05) is 13.1 Å². The molecule has 1 aliphatic heterocycles. The average Bonchev–Trinajstić information content (AvgIpc) is 2.79. The molecule has 0 spiro atoms. The molecule has 0 bridgehead atoms. The number of carbonyl (C=O) groups is 2. The number of rotatable bonds is 4. The number of amides is 3.